The van der Waals surface area contributed by atoms with Crippen molar-refractivity contribution < 1.29 is 9.59 Å². The van der Waals surface area contributed by atoms with Gasteiger partial charge in [0.25, 0.3) is 11.8 Å². The zero-order valence-electron chi connectivity index (χ0n) is 15.8. The van der Waals surface area contributed by atoms with Crippen LogP contribution in [0.15, 0.2) is 10.2 Å². The highest BCUT2D eigenvalue weighted by atomic mass is 32.1. The zero-order chi connectivity index (χ0) is 19.2. The van der Waals surface area contributed by atoms with Crippen LogP contribution in [0.5, 0.6) is 0 Å². The molecular formula is C18H32N4O2S2. The summed E-state index contributed by atoms with van der Waals surface area (Å²) in [7, 11) is 0. The number of hydrogen-bond donors (Lipinski definition) is 4. The fourth-order valence-electron chi connectivity index (χ4n) is 3.42. The number of nitrogens with one attached hydrogen (secondary N) is 2. The predicted molar refractivity (Wildman–Crippen MR) is 110 cm³/mol. The standard InChI is InChI=1S/C18H32N4O2S2/c1-17(25,15(23)19-13-9-5-3-6-10-13)21-22-18(2,26)16(24)20-14-11-7-4-8-12-14/h13-14,25-26H,3-12H2,1-2H3,(H,19,23)(H,20,24). The molecule has 2 saturated carbocycles. The number of nitrogens with zero attached hydrogens (tertiary/aromatic N) is 2. The second kappa shape index (κ2) is 9.44. The van der Waals surface area contributed by atoms with Crippen molar-refractivity contribution in [1.82, 2.24) is 10.6 Å². The summed E-state index contributed by atoms with van der Waals surface area (Å²) in [6.07, 6.45) is 10.9. The van der Waals surface area contributed by atoms with E-state index >= 15 is 0 Å². The normalized spacial score (nSPS) is 24.6. The highest BCUT2D eigenvalue weighted by Crippen LogP contribution is 2.25. The van der Waals surface area contributed by atoms with Crippen LogP contribution in [-0.4, -0.2) is 33.6 Å². The Hall–Kier alpha value is -0.760. The Labute approximate surface area is 167 Å². The summed E-state index contributed by atoms with van der Waals surface area (Å²) in [4.78, 5) is 22.3. The molecule has 0 aromatic rings. The van der Waals surface area contributed by atoms with E-state index in [1.54, 1.807) is 13.8 Å². The maximum absolute atomic E-state index is 12.5. The molecule has 26 heavy (non-hydrogen) atoms. The summed E-state index contributed by atoms with van der Waals surface area (Å²) in [6.45, 7) is 3.17. The third-order valence-corrected chi connectivity index (χ3v) is 5.77. The van der Waals surface area contributed by atoms with E-state index in [9.17, 15) is 9.59 Å². The molecule has 0 aliphatic heterocycles. The zero-order valence-corrected chi connectivity index (χ0v) is 17.6. The van der Waals surface area contributed by atoms with Gasteiger partial charge in [-0.05, 0) is 39.5 Å². The Morgan fingerprint density at radius 1 is 0.731 bits per heavy atom. The Balaban J connectivity index is 1.90. The van der Waals surface area contributed by atoms with Gasteiger partial charge in [0.2, 0.25) is 0 Å². The maximum atomic E-state index is 12.5. The van der Waals surface area contributed by atoms with Crippen LogP contribution in [0.2, 0.25) is 0 Å². The molecule has 0 saturated heterocycles. The van der Waals surface area contributed by atoms with Gasteiger partial charge in [0.05, 0.1) is 0 Å². The molecule has 0 aromatic heterocycles. The molecule has 2 amide bonds. The van der Waals surface area contributed by atoms with Crippen LogP contribution in [-0.2, 0) is 9.59 Å². The van der Waals surface area contributed by atoms with Crippen LogP contribution in [0.1, 0.15) is 78.1 Å². The number of carbonyl (C=O) groups is 2. The number of hydrogen-bond acceptors (Lipinski definition) is 6. The molecule has 2 atom stereocenters. The van der Waals surface area contributed by atoms with Crippen LogP contribution in [0.25, 0.3) is 0 Å². The van der Waals surface area contributed by atoms with Crippen molar-refractivity contribution in [1.29, 1.82) is 0 Å². The number of carbonyl (C=O) groups excluding carboxylic acids is 2. The molecule has 0 spiro atoms. The monoisotopic (exact) mass is 400 g/mol. The quantitative estimate of drug-likeness (QED) is 0.406. The van der Waals surface area contributed by atoms with Crippen LogP contribution in [0, 0.1) is 0 Å². The van der Waals surface area contributed by atoms with Gasteiger partial charge in [0.1, 0.15) is 0 Å². The van der Waals surface area contributed by atoms with Crippen molar-refractivity contribution in [2.45, 2.75) is 99.9 Å². The van der Waals surface area contributed by atoms with Gasteiger partial charge in [-0.25, -0.2) is 0 Å². The highest BCUT2D eigenvalue weighted by molar-refractivity contribution is 7.83. The molecule has 2 unspecified atom stereocenters. The van der Waals surface area contributed by atoms with Crippen molar-refractivity contribution in [3.05, 3.63) is 0 Å². The summed E-state index contributed by atoms with van der Waals surface area (Å²) < 4.78 is 0. The van der Waals surface area contributed by atoms with Crippen molar-refractivity contribution in [3.63, 3.8) is 0 Å². The summed E-state index contributed by atoms with van der Waals surface area (Å²) in [6, 6.07) is 0.352. The minimum Gasteiger partial charge on any atom is -0.350 e. The van der Waals surface area contributed by atoms with Crippen molar-refractivity contribution in [3.8, 4) is 0 Å². The molecule has 2 N–H and O–H groups in total. The summed E-state index contributed by atoms with van der Waals surface area (Å²) in [5.41, 5.74) is 0. The van der Waals surface area contributed by atoms with E-state index in [4.69, 9.17) is 0 Å². The molecule has 0 aromatic carbocycles. The molecule has 6 nitrogen and oxygen atoms in total. The molecule has 2 fully saturated rings. The summed E-state index contributed by atoms with van der Waals surface area (Å²) in [5.74, 6) is -0.568. The van der Waals surface area contributed by atoms with Gasteiger partial charge in [-0.1, -0.05) is 38.5 Å². The van der Waals surface area contributed by atoms with Gasteiger partial charge in [0, 0.05) is 12.1 Å². The largest absolute Gasteiger partial charge is 0.350 e. The lowest BCUT2D eigenvalue weighted by molar-refractivity contribution is -0.125. The van der Waals surface area contributed by atoms with E-state index in [0.29, 0.717) is 0 Å². The first-order valence-corrected chi connectivity index (χ1v) is 10.6. The van der Waals surface area contributed by atoms with Gasteiger partial charge >= 0.3 is 0 Å². The van der Waals surface area contributed by atoms with Crippen molar-refractivity contribution in [2.24, 2.45) is 10.2 Å². The molecule has 2 rings (SSSR count). The fourth-order valence-corrected chi connectivity index (χ4v) is 3.64. The van der Waals surface area contributed by atoms with E-state index in [0.717, 1.165) is 51.4 Å². The molecule has 8 heteroatoms. The highest BCUT2D eigenvalue weighted by Gasteiger charge is 2.35. The maximum Gasteiger partial charge on any atom is 0.259 e. The van der Waals surface area contributed by atoms with Gasteiger partial charge in [0.15, 0.2) is 9.74 Å². The lowest BCUT2D eigenvalue weighted by atomic mass is 9.95. The second-order valence-corrected chi connectivity index (χ2v) is 9.60. The lowest BCUT2D eigenvalue weighted by Crippen LogP contribution is -2.47. The number of azo groups is 1. The SMILES string of the molecule is CC(S)(N=NC(C)(S)C(=O)NC1CCCCC1)C(=O)NC1CCCCC1. The molecule has 2 aliphatic rings. The first-order valence-electron chi connectivity index (χ1n) is 9.71. The summed E-state index contributed by atoms with van der Waals surface area (Å²) in [5, 5.41) is 14.1. The average molecular weight is 401 g/mol. The molecule has 148 valence electrons. The Morgan fingerprint density at radius 3 is 1.35 bits per heavy atom. The van der Waals surface area contributed by atoms with E-state index in [1.165, 1.54) is 12.8 Å². The average Bonchev–Trinajstić information content (AvgIpc) is 2.62. The van der Waals surface area contributed by atoms with Gasteiger partial charge in [-0.3, -0.25) is 9.59 Å². The Morgan fingerprint density at radius 2 is 1.04 bits per heavy atom. The van der Waals surface area contributed by atoms with Crippen LogP contribution >= 0.6 is 25.3 Å². The first kappa shape index (κ1) is 21.5. The molecule has 0 heterocycles. The van der Waals surface area contributed by atoms with Crippen LogP contribution < -0.4 is 10.6 Å². The third kappa shape index (κ3) is 6.44. The second-order valence-electron chi connectivity index (χ2n) is 7.86. The van der Waals surface area contributed by atoms with Crippen molar-refractivity contribution >= 4 is 37.1 Å². The summed E-state index contributed by atoms with van der Waals surface area (Å²) >= 11 is 8.71. The third-order valence-electron chi connectivity index (χ3n) is 5.18. The smallest absolute Gasteiger partial charge is 0.259 e. The van der Waals surface area contributed by atoms with Gasteiger partial charge in [-0.15, -0.1) is 25.3 Å². The number of thiol groups is 2. The van der Waals surface area contributed by atoms with Crippen LogP contribution in [0.4, 0.5) is 0 Å². The minimum absolute atomic E-state index is 0.176. The van der Waals surface area contributed by atoms with E-state index in [-0.39, 0.29) is 23.9 Å². The number of rotatable bonds is 6. The van der Waals surface area contributed by atoms with E-state index in [2.05, 4.69) is 46.1 Å². The first-order chi connectivity index (χ1) is 12.2. The Kier molecular flexibility index (Phi) is 7.82. The minimum atomic E-state index is -1.33. The van der Waals surface area contributed by atoms with E-state index in [1.807, 2.05) is 0 Å². The van der Waals surface area contributed by atoms with Crippen molar-refractivity contribution in [2.75, 3.05) is 0 Å². The topological polar surface area (TPSA) is 82.9 Å². The van der Waals surface area contributed by atoms with Crippen LogP contribution in [0.3, 0.4) is 0 Å². The van der Waals surface area contributed by atoms with Gasteiger partial charge < -0.3 is 10.6 Å². The molecule has 0 bridgehead atoms. The number of amides is 2. The molecule has 2 aliphatic carbocycles. The molecule has 0 radical (unpaired) electrons. The fraction of sp³-hybridized carbons (Fsp3) is 0.889. The lowest BCUT2D eigenvalue weighted by Gasteiger charge is -2.28. The van der Waals surface area contributed by atoms with E-state index < -0.39 is 9.74 Å². The predicted octanol–water partition coefficient (Wildman–Crippen LogP) is 3.63. The van der Waals surface area contributed by atoms with Gasteiger partial charge in [-0.2, -0.15) is 10.2 Å². The molecular weight excluding hydrogens is 368 g/mol. The Bertz CT molecular complexity index is 479.